The van der Waals surface area contributed by atoms with Crippen LogP contribution >= 0.6 is 11.6 Å². The predicted octanol–water partition coefficient (Wildman–Crippen LogP) is 3.28. The third-order valence-corrected chi connectivity index (χ3v) is 8.43. The standard InChI is InChI=1S/C27H38ClN3O5/c1-6-12-29-23(33)19-20-25(35)31(17(14-32)13-15(2)3)22(27(20)11-10-26(19,5)36-27)24(34)30-21-16(4)8-7-9-18(21)28/h7-9,15,17,19-20,22,32H,6,10-14H2,1-5H3,(H,29,33)(H,30,34)/t17-,19-,20+,22?,26+,27?/m1/s1. The number of aliphatic hydroxyl groups is 1. The number of carbonyl (C=O) groups is 3. The number of carbonyl (C=O) groups excluding carboxylic acids is 3. The van der Waals surface area contributed by atoms with Gasteiger partial charge in [-0.05, 0) is 57.1 Å². The van der Waals surface area contributed by atoms with Crippen LogP contribution in [0.15, 0.2) is 18.2 Å². The van der Waals surface area contributed by atoms with Crippen LogP contribution in [-0.4, -0.2) is 64.2 Å². The zero-order valence-corrected chi connectivity index (χ0v) is 22.5. The van der Waals surface area contributed by atoms with Crippen molar-refractivity contribution in [3.63, 3.8) is 0 Å². The maximum atomic E-state index is 14.1. The Morgan fingerprint density at radius 2 is 2.00 bits per heavy atom. The molecule has 2 unspecified atom stereocenters. The highest BCUT2D eigenvalue weighted by molar-refractivity contribution is 6.34. The molecule has 36 heavy (non-hydrogen) atoms. The van der Waals surface area contributed by atoms with Gasteiger partial charge in [-0.15, -0.1) is 0 Å². The lowest BCUT2D eigenvalue weighted by Crippen LogP contribution is -2.56. The second-order valence-corrected chi connectivity index (χ2v) is 11.6. The average molecular weight is 520 g/mol. The molecule has 0 aromatic heterocycles. The number of ether oxygens (including phenoxy) is 1. The Bertz CT molecular complexity index is 1030. The molecule has 0 aliphatic carbocycles. The zero-order valence-electron chi connectivity index (χ0n) is 21.8. The summed E-state index contributed by atoms with van der Waals surface area (Å²) in [5.41, 5.74) is -0.710. The van der Waals surface area contributed by atoms with Gasteiger partial charge in [-0.25, -0.2) is 0 Å². The molecule has 8 nitrogen and oxygen atoms in total. The minimum Gasteiger partial charge on any atom is -0.394 e. The summed E-state index contributed by atoms with van der Waals surface area (Å²) in [6, 6.07) is 3.79. The van der Waals surface area contributed by atoms with E-state index in [0.29, 0.717) is 36.5 Å². The summed E-state index contributed by atoms with van der Waals surface area (Å²) in [5, 5.41) is 16.6. The largest absolute Gasteiger partial charge is 0.394 e. The summed E-state index contributed by atoms with van der Waals surface area (Å²) in [5.74, 6) is -2.25. The maximum absolute atomic E-state index is 14.1. The monoisotopic (exact) mass is 519 g/mol. The first-order valence-corrected chi connectivity index (χ1v) is 13.4. The van der Waals surface area contributed by atoms with Crippen molar-refractivity contribution in [2.75, 3.05) is 18.5 Å². The molecule has 2 bridgehead atoms. The number of anilines is 1. The summed E-state index contributed by atoms with van der Waals surface area (Å²) in [4.78, 5) is 43.0. The van der Waals surface area contributed by atoms with Gasteiger partial charge in [0.2, 0.25) is 17.7 Å². The SMILES string of the molecule is CCCNC(=O)[C@H]1[C@H]2C(=O)N([C@@H](CO)CC(C)C)C(C(=O)Nc3c(C)cccc3Cl)C23CC[C@]1(C)O3. The van der Waals surface area contributed by atoms with Crippen LogP contribution in [0.5, 0.6) is 0 Å². The minimum absolute atomic E-state index is 0.181. The number of benzene rings is 1. The van der Waals surface area contributed by atoms with Gasteiger partial charge < -0.3 is 25.4 Å². The van der Waals surface area contributed by atoms with Crippen molar-refractivity contribution in [1.82, 2.24) is 10.2 Å². The molecular formula is C27H38ClN3O5. The van der Waals surface area contributed by atoms with E-state index in [1.165, 1.54) is 4.90 Å². The number of likely N-dealkylation sites (tertiary alicyclic amines) is 1. The molecule has 1 aromatic carbocycles. The van der Waals surface area contributed by atoms with Crippen LogP contribution in [0.3, 0.4) is 0 Å². The van der Waals surface area contributed by atoms with Crippen molar-refractivity contribution in [3.05, 3.63) is 28.8 Å². The van der Waals surface area contributed by atoms with Crippen molar-refractivity contribution < 1.29 is 24.2 Å². The number of para-hydroxylation sites is 1. The highest BCUT2D eigenvalue weighted by Gasteiger charge is 2.78. The van der Waals surface area contributed by atoms with Gasteiger partial charge in [0, 0.05) is 6.54 Å². The molecule has 4 rings (SSSR count). The normalized spacial score (nSPS) is 31.6. The Balaban J connectivity index is 1.79. The Kier molecular flexibility index (Phi) is 7.43. The number of nitrogens with one attached hydrogen (secondary N) is 2. The molecule has 3 aliphatic rings. The van der Waals surface area contributed by atoms with Crippen LogP contribution < -0.4 is 10.6 Å². The molecule has 3 aliphatic heterocycles. The number of halogens is 1. The van der Waals surface area contributed by atoms with E-state index in [-0.39, 0.29) is 24.3 Å². The molecule has 0 saturated carbocycles. The quantitative estimate of drug-likeness (QED) is 0.464. The second kappa shape index (κ2) is 9.95. The van der Waals surface area contributed by atoms with Gasteiger partial charge in [-0.1, -0.05) is 44.5 Å². The zero-order chi connectivity index (χ0) is 26.4. The Labute approximate surface area is 218 Å². The van der Waals surface area contributed by atoms with E-state index in [0.717, 1.165) is 12.0 Å². The fourth-order valence-electron chi connectivity index (χ4n) is 6.62. The molecule has 9 heteroatoms. The molecule has 198 valence electrons. The van der Waals surface area contributed by atoms with Gasteiger partial charge in [-0.2, -0.15) is 0 Å². The van der Waals surface area contributed by atoms with Crippen molar-refractivity contribution in [2.24, 2.45) is 17.8 Å². The predicted molar refractivity (Wildman–Crippen MR) is 138 cm³/mol. The lowest BCUT2D eigenvalue weighted by atomic mass is 9.66. The van der Waals surface area contributed by atoms with E-state index in [1.54, 1.807) is 12.1 Å². The summed E-state index contributed by atoms with van der Waals surface area (Å²) in [6.07, 6.45) is 2.34. The first-order chi connectivity index (χ1) is 17.0. The molecule has 1 spiro atoms. The Hall–Kier alpha value is -2.16. The first kappa shape index (κ1) is 26.9. The van der Waals surface area contributed by atoms with Gasteiger partial charge in [0.05, 0.1) is 40.8 Å². The van der Waals surface area contributed by atoms with Crippen LogP contribution in [0.25, 0.3) is 0 Å². The number of aryl methyl sites for hydroxylation is 1. The average Bonchev–Trinajstić information content (AvgIpc) is 3.39. The van der Waals surface area contributed by atoms with Crippen LogP contribution in [0, 0.1) is 24.7 Å². The molecule has 0 radical (unpaired) electrons. The highest BCUT2D eigenvalue weighted by Crippen LogP contribution is 2.63. The van der Waals surface area contributed by atoms with Gasteiger partial charge in [0.15, 0.2) is 0 Å². The Morgan fingerprint density at radius 1 is 1.28 bits per heavy atom. The number of hydrogen-bond acceptors (Lipinski definition) is 5. The number of aliphatic hydroxyl groups excluding tert-OH is 1. The van der Waals surface area contributed by atoms with Crippen LogP contribution in [-0.2, 0) is 19.1 Å². The minimum atomic E-state index is -1.15. The second-order valence-electron chi connectivity index (χ2n) is 11.2. The summed E-state index contributed by atoms with van der Waals surface area (Å²) >= 11 is 6.41. The van der Waals surface area contributed by atoms with Gasteiger partial charge in [-0.3, -0.25) is 14.4 Å². The topological polar surface area (TPSA) is 108 Å². The van der Waals surface area contributed by atoms with Crippen molar-refractivity contribution in [2.45, 2.75) is 83.6 Å². The van der Waals surface area contributed by atoms with Gasteiger partial charge in [0.25, 0.3) is 0 Å². The molecule has 3 heterocycles. The van der Waals surface area contributed by atoms with E-state index < -0.39 is 41.0 Å². The number of rotatable bonds is 9. The fourth-order valence-corrected chi connectivity index (χ4v) is 6.89. The summed E-state index contributed by atoms with van der Waals surface area (Å²) in [6.45, 7) is 9.93. The molecule has 1 aromatic rings. The first-order valence-electron chi connectivity index (χ1n) is 13.0. The van der Waals surface area contributed by atoms with E-state index in [9.17, 15) is 19.5 Å². The smallest absolute Gasteiger partial charge is 0.250 e. The lowest BCUT2D eigenvalue weighted by Gasteiger charge is -2.37. The molecular weight excluding hydrogens is 482 g/mol. The van der Waals surface area contributed by atoms with Crippen molar-refractivity contribution in [1.29, 1.82) is 0 Å². The lowest BCUT2D eigenvalue weighted by molar-refractivity contribution is -0.148. The third-order valence-electron chi connectivity index (χ3n) is 8.11. The fraction of sp³-hybridized carbons (Fsp3) is 0.667. The number of hydrogen-bond donors (Lipinski definition) is 3. The van der Waals surface area contributed by atoms with Crippen LogP contribution in [0.1, 0.15) is 58.9 Å². The number of fused-ring (bicyclic) bond motifs is 1. The molecule has 3 fully saturated rings. The van der Waals surface area contributed by atoms with E-state index in [4.69, 9.17) is 16.3 Å². The Morgan fingerprint density at radius 3 is 2.61 bits per heavy atom. The number of amides is 3. The third kappa shape index (κ3) is 4.21. The van der Waals surface area contributed by atoms with Crippen molar-refractivity contribution in [3.8, 4) is 0 Å². The maximum Gasteiger partial charge on any atom is 0.250 e. The van der Waals surface area contributed by atoms with Crippen molar-refractivity contribution >= 4 is 35.0 Å². The van der Waals surface area contributed by atoms with Gasteiger partial charge >= 0.3 is 0 Å². The highest BCUT2D eigenvalue weighted by atomic mass is 35.5. The molecule has 3 saturated heterocycles. The van der Waals surface area contributed by atoms with E-state index in [2.05, 4.69) is 10.6 Å². The molecule has 3 amide bonds. The van der Waals surface area contributed by atoms with E-state index in [1.807, 2.05) is 40.7 Å². The van der Waals surface area contributed by atoms with E-state index >= 15 is 0 Å². The van der Waals surface area contributed by atoms with Crippen LogP contribution in [0.4, 0.5) is 5.69 Å². The van der Waals surface area contributed by atoms with Gasteiger partial charge in [0.1, 0.15) is 11.6 Å². The summed E-state index contributed by atoms with van der Waals surface area (Å²) in [7, 11) is 0. The summed E-state index contributed by atoms with van der Waals surface area (Å²) < 4.78 is 6.62. The van der Waals surface area contributed by atoms with Crippen LogP contribution in [0.2, 0.25) is 5.02 Å². The number of nitrogens with zero attached hydrogens (tertiary/aromatic N) is 1. The molecule has 6 atom stereocenters. The molecule has 3 N–H and O–H groups in total.